The smallest absolute Gasteiger partial charge is 0.248 e. The third kappa shape index (κ3) is 3.76. The van der Waals surface area contributed by atoms with Gasteiger partial charge in [-0.3, -0.25) is 4.79 Å². The highest BCUT2D eigenvalue weighted by Crippen LogP contribution is 2.21. The highest BCUT2D eigenvalue weighted by Gasteiger charge is 2.07. The van der Waals surface area contributed by atoms with Crippen LogP contribution in [0.3, 0.4) is 0 Å². The SMILES string of the molecule is NC(=O)c1ccc(CNCc2ccc(Cl)s2)c(F)c1. The lowest BCUT2D eigenvalue weighted by molar-refractivity contribution is 0.1000. The van der Waals surface area contributed by atoms with Gasteiger partial charge in [-0.15, -0.1) is 11.3 Å². The van der Waals surface area contributed by atoms with E-state index in [1.165, 1.54) is 17.4 Å². The number of hydrogen-bond acceptors (Lipinski definition) is 3. The number of rotatable bonds is 5. The zero-order valence-electron chi connectivity index (χ0n) is 9.95. The number of halogens is 2. The molecule has 1 aromatic heterocycles. The van der Waals surface area contributed by atoms with E-state index in [4.69, 9.17) is 17.3 Å². The van der Waals surface area contributed by atoms with E-state index < -0.39 is 11.7 Å². The van der Waals surface area contributed by atoms with Crippen LogP contribution in [0.25, 0.3) is 0 Å². The molecule has 0 saturated heterocycles. The van der Waals surface area contributed by atoms with Crippen LogP contribution >= 0.6 is 22.9 Å². The number of nitrogens with one attached hydrogen (secondary N) is 1. The van der Waals surface area contributed by atoms with Gasteiger partial charge in [0.15, 0.2) is 0 Å². The molecule has 100 valence electrons. The van der Waals surface area contributed by atoms with Gasteiger partial charge in [-0.25, -0.2) is 4.39 Å². The van der Waals surface area contributed by atoms with E-state index in [9.17, 15) is 9.18 Å². The van der Waals surface area contributed by atoms with Crippen molar-refractivity contribution < 1.29 is 9.18 Å². The lowest BCUT2D eigenvalue weighted by Gasteiger charge is -2.06. The summed E-state index contributed by atoms with van der Waals surface area (Å²) >= 11 is 7.30. The summed E-state index contributed by atoms with van der Waals surface area (Å²) < 4.78 is 14.4. The summed E-state index contributed by atoms with van der Waals surface area (Å²) in [7, 11) is 0. The molecule has 0 aliphatic heterocycles. The average Bonchev–Trinajstić information content (AvgIpc) is 2.77. The molecule has 1 amide bonds. The summed E-state index contributed by atoms with van der Waals surface area (Å²) in [5, 5.41) is 3.12. The Hall–Kier alpha value is -1.43. The molecule has 2 rings (SSSR count). The van der Waals surface area contributed by atoms with E-state index >= 15 is 0 Å². The maximum Gasteiger partial charge on any atom is 0.248 e. The molecule has 0 bridgehead atoms. The molecule has 0 aliphatic rings. The van der Waals surface area contributed by atoms with Crippen molar-refractivity contribution in [3.8, 4) is 0 Å². The first-order chi connectivity index (χ1) is 9.06. The van der Waals surface area contributed by atoms with Gasteiger partial charge in [0.05, 0.1) is 4.34 Å². The molecule has 1 aromatic carbocycles. The summed E-state index contributed by atoms with van der Waals surface area (Å²) in [6.45, 7) is 0.995. The Morgan fingerprint density at radius 3 is 2.68 bits per heavy atom. The lowest BCUT2D eigenvalue weighted by Crippen LogP contribution is -2.15. The topological polar surface area (TPSA) is 55.1 Å². The van der Waals surface area contributed by atoms with Gasteiger partial charge in [-0.05, 0) is 24.3 Å². The highest BCUT2D eigenvalue weighted by molar-refractivity contribution is 7.16. The van der Waals surface area contributed by atoms with Gasteiger partial charge in [0.2, 0.25) is 5.91 Å². The zero-order valence-corrected chi connectivity index (χ0v) is 11.5. The standard InChI is InChI=1S/C13H12ClFN2OS/c14-12-4-3-10(19-12)7-17-6-9-2-1-8(13(16)18)5-11(9)15/h1-5,17H,6-7H2,(H2,16,18). The van der Waals surface area contributed by atoms with Crippen LogP contribution in [0, 0.1) is 5.82 Å². The molecular formula is C13H12ClFN2OS. The minimum absolute atomic E-state index is 0.172. The van der Waals surface area contributed by atoms with Crippen LogP contribution in [0.2, 0.25) is 4.34 Å². The first kappa shape index (κ1) is 14.0. The largest absolute Gasteiger partial charge is 0.366 e. The van der Waals surface area contributed by atoms with Crippen LogP contribution in [-0.2, 0) is 13.1 Å². The van der Waals surface area contributed by atoms with Crippen LogP contribution in [0.4, 0.5) is 4.39 Å². The lowest BCUT2D eigenvalue weighted by atomic mass is 10.1. The van der Waals surface area contributed by atoms with Gasteiger partial charge in [0.25, 0.3) is 0 Å². The molecular weight excluding hydrogens is 287 g/mol. The van der Waals surface area contributed by atoms with Crippen molar-refractivity contribution in [3.63, 3.8) is 0 Å². The maximum absolute atomic E-state index is 13.7. The minimum atomic E-state index is -0.633. The summed E-state index contributed by atoms with van der Waals surface area (Å²) in [4.78, 5) is 12.0. The molecule has 0 fully saturated rings. The van der Waals surface area contributed by atoms with Crippen molar-refractivity contribution in [3.05, 3.63) is 56.5 Å². The Morgan fingerprint density at radius 1 is 1.32 bits per heavy atom. The van der Waals surface area contributed by atoms with Gasteiger partial charge in [-0.2, -0.15) is 0 Å². The Bertz CT molecular complexity index is 600. The van der Waals surface area contributed by atoms with Gasteiger partial charge in [0, 0.05) is 29.1 Å². The molecule has 0 atom stereocenters. The molecule has 0 radical (unpaired) electrons. The van der Waals surface area contributed by atoms with E-state index in [1.54, 1.807) is 6.07 Å². The predicted octanol–water partition coefficient (Wildman–Crippen LogP) is 2.93. The summed E-state index contributed by atoms with van der Waals surface area (Å²) in [5.41, 5.74) is 5.74. The second-order valence-corrected chi connectivity index (χ2v) is 5.78. The van der Waals surface area contributed by atoms with Crippen molar-refractivity contribution >= 4 is 28.8 Å². The predicted molar refractivity (Wildman–Crippen MR) is 74.8 cm³/mol. The maximum atomic E-state index is 13.7. The van der Waals surface area contributed by atoms with Gasteiger partial charge >= 0.3 is 0 Å². The molecule has 1 heterocycles. The molecule has 0 aliphatic carbocycles. The fourth-order valence-corrected chi connectivity index (χ4v) is 2.67. The van der Waals surface area contributed by atoms with Crippen LogP contribution in [0.1, 0.15) is 20.8 Å². The summed E-state index contributed by atoms with van der Waals surface area (Å²) in [5.74, 6) is -1.07. The van der Waals surface area contributed by atoms with Crippen LogP contribution in [0.5, 0.6) is 0 Å². The fourth-order valence-electron chi connectivity index (χ4n) is 1.61. The summed E-state index contributed by atoms with van der Waals surface area (Å²) in [6.07, 6.45) is 0. The number of benzene rings is 1. The summed E-state index contributed by atoms with van der Waals surface area (Å²) in [6, 6.07) is 7.98. The molecule has 0 unspecified atom stereocenters. The van der Waals surface area contributed by atoms with E-state index in [1.807, 2.05) is 12.1 Å². The van der Waals surface area contributed by atoms with Gasteiger partial charge in [-0.1, -0.05) is 17.7 Å². The normalized spacial score (nSPS) is 10.6. The van der Waals surface area contributed by atoms with E-state index in [0.717, 1.165) is 15.3 Å². The Morgan fingerprint density at radius 2 is 2.11 bits per heavy atom. The number of carbonyl (C=O) groups excluding carboxylic acids is 1. The number of carbonyl (C=O) groups is 1. The van der Waals surface area contributed by atoms with Crippen molar-refractivity contribution in [1.82, 2.24) is 5.32 Å². The average molecular weight is 299 g/mol. The third-order valence-electron chi connectivity index (χ3n) is 2.58. The van der Waals surface area contributed by atoms with Crippen LogP contribution in [-0.4, -0.2) is 5.91 Å². The van der Waals surface area contributed by atoms with E-state index in [-0.39, 0.29) is 5.56 Å². The van der Waals surface area contributed by atoms with Crippen molar-refractivity contribution in [1.29, 1.82) is 0 Å². The second kappa shape index (κ2) is 6.14. The molecule has 3 nitrogen and oxygen atoms in total. The minimum Gasteiger partial charge on any atom is -0.366 e. The number of nitrogens with two attached hydrogens (primary N) is 1. The second-order valence-electron chi connectivity index (χ2n) is 3.98. The molecule has 6 heteroatoms. The first-order valence-electron chi connectivity index (χ1n) is 5.59. The van der Waals surface area contributed by atoms with Crippen molar-refractivity contribution in [2.24, 2.45) is 5.73 Å². The van der Waals surface area contributed by atoms with Crippen molar-refractivity contribution in [2.45, 2.75) is 13.1 Å². The number of thiophene rings is 1. The van der Waals surface area contributed by atoms with Crippen LogP contribution in [0.15, 0.2) is 30.3 Å². The Balaban J connectivity index is 1.94. The molecule has 3 N–H and O–H groups in total. The van der Waals surface area contributed by atoms with Gasteiger partial charge < -0.3 is 11.1 Å². The molecule has 0 saturated carbocycles. The fraction of sp³-hybridized carbons (Fsp3) is 0.154. The van der Waals surface area contributed by atoms with Crippen LogP contribution < -0.4 is 11.1 Å². The number of primary amides is 1. The Kier molecular flexibility index (Phi) is 4.52. The number of amides is 1. The quantitative estimate of drug-likeness (QED) is 0.892. The van der Waals surface area contributed by atoms with Gasteiger partial charge in [0.1, 0.15) is 5.82 Å². The monoisotopic (exact) mass is 298 g/mol. The molecule has 19 heavy (non-hydrogen) atoms. The Labute approximate surface area is 119 Å². The highest BCUT2D eigenvalue weighted by atomic mass is 35.5. The van der Waals surface area contributed by atoms with E-state index in [2.05, 4.69) is 5.32 Å². The van der Waals surface area contributed by atoms with Crippen molar-refractivity contribution in [2.75, 3.05) is 0 Å². The molecule has 0 spiro atoms. The zero-order chi connectivity index (χ0) is 13.8. The molecule has 2 aromatic rings. The third-order valence-corrected chi connectivity index (χ3v) is 3.81. The number of hydrogen-bond donors (Lipinski definition) is 2. The first-order valence-corrected chi connectivity index (χ1v) is 6.79. The van der Waals surface area contributed by atoms with E-state index in [0.29, 0.717) is 18.7 Å².